The third-order valence-corrected chi connectivity index (χ3v) is 2.97. The highest BCUT2D eigenvalue weighted by Crippen LogP contribution is 2.23. The zero-order valence-electron chi connectivity index (χ0n) is 10.3. The van der Waals surface area contributed by atoms with E-state index in [1.165, 1.54) is 0 Å². The molecular weight excluding hydrogens is 224 g/mol. The minimum absolute atomic E-state index is 0.0110. The minimum atomic E-state index is -0.376. The summed E-state index contributed by atoms with van der Waals surface area (Å²) in [5.41, 5.74) is 5.32. The van der Waals surface area contributed by atoms with E-state index in [0.29, 0.717) is 26.3 Å². The number of nitrogens with zero attached hydrogens (tertiary/aromatic N) is 1. The number of primary amides is 1. The highest BCUT2D eigenvalue weighted by Gasteiger charge is 2.38. The van der Waals surface area contributed by atoms with Gasteiger partial charge >= 0.3 is 0 Å². The lowest BCUT2D eigenvalue weighted by Gasteiger charge is -2.15. The zero-order chi connectivity index (χ0) is 12.8. The first-order valence-corrected chi connectivity index (χ1v) is 5.73. The van der Waals surface area contributed by atoms with Crippen molar-refractivity contribution in [3.8, 4) is 0 Å². The topological polar surface area (TPSA) is 81.9 Å². The predicted molar refractivity (Wildman–Crippen MR) is 61.1 cm³/mol. The molecule has 98 valence electrons. The van der Waals surface area contributed by atoms with Gasteiger partial charge in [-0.05, 0) is 6.92 Å². The Balaban J connectivity index is 2.55. The number of amides is 2. The van der Waals surface area contributed by atoms with E-state index in [9.17, 15) is 9.59 Å². The maximum absolute atomic E-state index is 11.7. The molecule has 0 unspecified atom stereocenters. The Morgan fingerprint density at radius 1 is 1.41 bits per heavy atom. The summed E-state index contributed by atoms with van der Waals surface area (Å²) in [6.45, 7) is 3.70. The molecule has 1 fully saturated rings. The summed E-state index contributed by atoms with van der Waals surface area (Å²) in [5, 5.41) is 0. The van der Waals surface area contributed by atoms with Gasteiger partial charge in [-0.15, -0.1) is 0 Å². The normalized spacial score (nSPS) is 24.0. The van der Waals surface area contributed by atoms with Crippen LogP contribution in [-0.2, 0) is 19.1 Å². The number of carbonyl (C=O) groups is 2. The molecule has 0 saturated carbocycles. The number of carbonyl (C=O) groups excluding carboxylic acids is 2. The van der Waals surface area contributed by atoms with Gasteiger partial charge in [-0.2, -0.15) is 0 Å². The smallest absolute Gasteiger partial charge is 0.248 e. The first-order valence-electron chi connectivity index (χ1n) is 5.73. The molecule has 0 spiro atoms. The van der Waals surface area contributed by atoms with E-state index in [4.69, 9.17) is 15.2 Å². The second kappa shape index (κ2) is 6.56. The van der Waals surface area contributed by atoms with E-state index in [1.807, 2.05) is 6.92 Å². The molecule has 1 rings (SSSR count). The molecule has 1 saturated heterocycles. The highest BCUT2D eigenvalue weighted by atomic mass is 16.5. The van der Waals surface area contributed by atoms with E-state index < -0.39 is 0 Å². The van der Waals surface area contributed by atoms with Gasteiger partial charge < -0.3 is 20.1 Å². The molecule has 0 bridgehead atoms. The Morgan fingerprint density at radius 2 is 2.12 bits per heavy atom. The van der Waals surface area contributed by atoms with Gasteiger partial charge in [0.25, 0.3) is 0 Å². The molecule has 0 aromatic carbocycles. The zero-order valence-corrected chi connectivity index (χ0v) is 10.3. The van der Waals surface area contributed by atoms with Gasteiger partial charge in [0.05, 0.1) is 12.5 Å². The van der Waals surface area contributed by atoms with Crippen molar-refractivity contribution in [2.45, 2.75) is 6.92 Å². The van der Waals surface area contributed by atoms with Gasteiger partial charge in [0, 0.05) is 32.7 Å². The molecule has 0 aromatic rings. The van der Waals surface area contributed by atoms with Gasteiger partial charge in [-0.1, -0.05) is 0 Å². The maximum atomic E-state index is 11.7. The second-order valence-corrected chi connectivity index (χ2v) is 4.16. The number of rotatable bonds is 6. The largest absolute Gasteiger partial charge is 0.384 e. The van der Waals surface area contributed by atoms with Crippen molar-refractivity contribution in [3.05, 3.63) is 0 Å². The molecule has 0 radical (unpaired) electrons. The third kappa shape index (κ3) is 3.67. The number of hydrogen-bond acceptors (Lipinski definition) is 4. The fraction of sp³-hybridized carbons (Fsp3) is 0.818. The average Bonchev–Trinajstić information content (AvgIpc) is 2.70. The summed E-state index contributed by atoms with van der Waals surface area (Å²) in [4.78, 5) is 24.6. The molecule has 2 amide bonds. The Bertz CT molecular complexity index is 283. The summed E-state index contributed by atoms with van der Waals surface area (Å²) >= 11 is 0. The highest BCUT2D eigenvalue weighted by molar-refractivity contribution is 5.82. The number of nitrogens with two attached hydrogens (primary N) is 1. The fourth-order valence-electron chi connectivity index (χ4n) is 2.06. The first-order chi connectivity index (χ1) is 8.10. The fourth-order valence-corrected chi connectivity index (χ4v) is 2.06. The van der Waals surface area contributed by atoms with E-state index >= 15 is 0 Å². The predicted octanol–water partition coefficient (Wildman–Crippen LogP) is -0.771. The molecule has 0 aromatic heterocycles. The van der Waals surface area contributed by atoms with Crippen LogP contribution in [-0.4, -0.2) is 56.7 Å². The first kappa shape index (κ1) is 13.9. The van der Waals surface area contributed by atoms with Crippen LogP contribution in [0.3, 0.4) is 0 Å². The van der Waals surface area contributed by atoms with Gasteiger partial charge in [0.1, 0.15) is 6.61 Å². The van der Waals surface area contributed by atoms with Crippen molar-refractivity contribution >= 4 is 11.8 Å². The molecular formula is C11H20N2O4. The molecule has 2 atom stereocenters. The Labute approximate surface area is 101 Å². The Morgan fingerprint density at radius 3 is 2.65 bits per heavy atom. The van der Waals surface area contributed by atoms with Crippen LogP contribution < -0.4 is 5.73 Å². The summed E-state index contributed by atoms with van der Waals surface area (Å²) < 4.78 is 10.1. The van der Waals surface area contributed by atoms with Crippen molar-refractivity contribution in [2.24, 2.45) is 17.6 Å². The lowest BCUT2D eigenvalue weighted by Crippen LogP contribution is -2.34. The van der Waals surface area contributed by atoms with E-state index in [0.717, 1.165) is 0 Å². The molecule has 17 heavy (non-hydrogen) atoms. The molecule has 6 nitrogen and oxygen atoms in total. The summed E-state index contributed by atoms with van der Waals surface area (Å²) in [5.74, 6) is -0.806. The summed E-state index contributed by atoms with van der Waals surface area (Å²) in [6.07, 6.45) is 0. The van der Waals surface area contributed by atoms with Crippen LogP contribution >= 0.6 is 0 Å². The molecule has 1 aliphatic heterocycles. The number of methoxy groups -OCH3 is 1. The maximum Gasteiger partial charge on any atom is 0.248 e. The number of hydrogen-bond donors (Lipinski definition) is 1. The van der Waals surface area contributed by atoms with Crippen molar-refractivity contribution < 1.29 is 19.1 Å². The Kier molecular flexibility index (Phi) is 5.37. The SMILES string of the molecule is CCOCC(=O)N1C[C@@H](COC)[C@H](C(N)=O)C1. The summed E-state index contributed by atoms with van der Waals surface area (Å²) in [6, 6.07) is 0. The van der Waals surface area contributed by atoms with Crippen molar-refractivity contribution in [3.63, 3.8) is 0 Å². The lowest BCUT2D eigenvalue weighted by molar-refractivity contribution is -0.135. The van der Waals surface area contributed by atoms with Gasteiger partial charge in [0.15, 0.2) is 0 Å². The van der Waals surface area contributed by atoms with Crippen LogP contribution in [0.5, 0.6) is 0 Å². The molecule has 6 heteroatoms. The van der Waals surface area contributed by atoms with Gasteiger partial charge in [0.2, 0.25) is 11.8 Å². The lowest BCUT2D eigenvalue weighted by atomic mass is 9.96. The molecule has 1 aliphatic rings. The molecule has 0 aliphatic carbocycles. The van der Waals surface area contributed by atoms with E-state index in [-0.39, 0.29) is 30.3 Å². The van der Waals surface area contributed by atoms with Crippen LogP contribution in [0.4, 0.5) is 0 Å². The Hall–Kier alpha value is -1.14. The second-order valence-electron chi connectivity index (χ2n) is 4.16. The number of likely N-dealkylation sites (tertiary alicyclic amines) is 1. The quantitative estimate of drug-likeness (QED) is 0.665. The monoisotopic (exact) mass is 244 g/mol. The van der Waals surface area contributed by atoms with Crippen LogP contribution in [0.1, 0.15) is 6.92 Å². The third-order valence-electron chi connectivity index (χ3n) is 2.97. The number of ether oxygens (including phenoxy) is 2. The van der Waals surface area contributed by atoms with Gasteiger partial charge in [-0.3, -0.25) is 9.59 Å². The molecule has 2 N–H and O–H groups in total. The van der Waals surface area contributed by atoms with Gasteiger partial charge in [-0.25, -0.2) is 0 Å². The average molecular weight is 244 g/mol. The van der Waals surface area contributed by atoms with Crippen molar-refractivity contribution in [2.75, 3.05) is 40.0 Å². The van der Waals surface area contributed by atoms with Crippen LogP contribution in [0.25, 0.3) is 0 Å². The standard InChI is InChI=1S/C11H20N2O4/c1-3-17-7-10(14)13-4-8(6-16-2)9(5-13)11(12)15/h8-9H,3-7H2,1-2H3,(H2,12,15)/t8-,9+/m0/s1. The molecule has 1 heterocycles. The van der Waals surface area contributed by atoms with Crippen molar-refractivity contribution in [1.29, 1.82) is 0 Å². The van der Waals surface area contributed by atoms with E-state index in [2.05, 4.69) is 0 Å². The van der Waals surface area contributed by atoms with Crippen molar-refractivity contribution in [1.82, 2.24) is 4.90 Å². The summed E-state index contributed by atoms with van der Waals surface area (Å²) in [7, 11) is 1.57. The van der Waals surface area contributed by atoms with Crippen LogP contribution in [0.2, 0.25) is 0 Å². The van der Waals surface area contributed by atoms with Crippen LogP contribution in [0.15, 0.2) is 0 Å². The van der Waals surface area contributed by atoms with E-state index in [1.54, 1.807) is 12.0 Å². The minimum Gasteiger partial charge on any atom is -0.384 e. The van der Waals surface area contributed by atoms with Crippen LogP contribution in [0, 0.1) is 11.8 Å².